The van der Waals surface area contributed by atoms with Crippen LogP contribution in [-0.4, -0.2) is 34.3 Å². The van der Waals surface area contributed by atoms with E-state index in [1.54, 1.807) is 0 Å². The fourth-order valence-electron chi connectivity index (χ4n) is 4.43. The number of halogens is 6. The van der Waals surface area contributed by atoms with Crippen molar-refractivity contribution < 1.29 is 41.1 Å². The smallest absolute Gasteiger partial charge is 0.416 e. The zero-order valence-electron chi connectivity index (χ0n) is 21.4. The molecule has 3 aromatic carbocycles. The van der Waals surface area contributed by atoms with Crippen molar-refractivity contribution in [3.05, 3.63) is 105 Å². The predicted octanol–water partition coefficient (Wildman–Crippen LogP) is 5.04. The van der Waals surface area contributed by atoms with Gasteiger partial charge in [0.25, 0.3) is 17.7 Å². The average Bonchev–Trinajstić information content (AvgIpc) is 3.28. The van der Waals surface area contributed by atoms with Crippen molar-refractivity contribution in [2.45, 2.75) is 12.2 Å². The molecular weight excluding hydrogens is 601 g/mol. The Kier molecular flexibility index (Phi) is 7.71. The highest BCUT2D eigenvalue weighted by Crippen LogP contribution is 2.42. The fourth-order valence-corrected chi connectivity index (χ4v) is 4.65. The number of hydrogen-bond donors (Lipinski definition) is 3. The van der Waals surface area contributed by atoms with Crippen molar-refractivity contribution in [2.75, 3.05) is 11.9 Å². The molecule has 1 aliphatic heterocycles. The molecule has 5 rings (SSSR count). The normalized spacial score (nSPS) is 14.2. The lowest BCUT2D eigenvalue weighted by molar-refractivity contribution is -0.137. The number of hydrogen-bond acceptors (Lipinski definition) is 6. The second kappa shape index (κ2) is 11.3. The first kappa shape index (κ1) is 29.4. The van der Waals surface area contributed by atoms with E-state index < -0.39 is 59.3 Å². The van der Waals surface area contributed by atoms with E-state index in [2.05, 4.69) is 20.6 Å². The fraction of sp³-hybridized carbons (Fsp3) is 0.107. The number of fused-ring (bicyclic) bond motifs is 1. The van der Waals surface area contributed by atoms with Crippen LogP contribution in [0.2, 0.25) is 5.02 Å². The highest BCUT2D eigenvalue weighted by molar-refractivity contribution is 6.31. The van der Waals surface area contributed by atoms with Crippen LogP contribution in [-0.2, 0) is 11.0 Å². The highest BCUT2D eigenvalue weighted by Gasteiger charge is 2.36. The maximum absolute atomic E-state index is 14.2. The van der Waals surface area contributed by atoms with Crippen molar-refractivity contribution in [1.82, 2.24) is 15.3 Å². The molecule has 0 saturated heterocycles. The van der Waals surface area contributed by atoms with Gasteiger partial charge in [-0.25, -0.2) is 18.7 Å². The number of ether oxygens (including phenoxy) is 1. The number of primary amides is 1. The maximum atomic E-state index is 14.2. The van der Waals surface area contributed by atoms with Crippen LogP contribution in [0.15, 0.2) is 60.9 Å². The molecule has 2 heterocycles. The highest BCUT2D eigenvalue weighted by atomic mass is 35.5. The van der Waals surface area contributed by atoms with Gasteiger partial charge < -0.3 is 21.1 Å². The van der Waals surface area contributed by atoms with Crippen LogP contribution >= 0.6 is 11.6 Å². The molecule has 9 nitrogen and oxygen atoms in total. The number of rotatable bonds is 7. The molecule has 43 heavy (non-hydrogen) atoms. The van der Waals surface area contributed by atoms with Crippen LogP contribution < -0.4 is 21.1 Å². The van der Waals surface area contributed by atoms with E-state index in [0.29, 0.717) is 17.7 Å². The molecular formula is C28H17ClF5N5O4. The van der Waals surface area contributed by atoms with Crippen molar-refractivity contribution in [3.8, 4) is 17.1 Å². The number of nitrogens with two attached hydrogens (primary N) is 1. The van der Waals surface area contributed by atoms with E-state index >= 15 is 0 Å². The van der Waals surface area contributed by atoms with E-state index in [-0.39, 0.29) is 45.0 Å². The molecule has 3 amide bonds. The van der Waals surface area contributed by atoms with Crippen molar-refractivity contribution in [2.24, 2.45) is 5.73 Å². The largest absolute Gasteiger partial charge is 0.453 e. The number of nitrogens with zero attached hydrogens (tertiary/aromatic N) is 2. The van der Waals surface area contributed by atoms with Gasteiger partial charge in [0.1, 0.15) is 11.6 Å². The van der Waals surface area contributed by atoms with Gasteiger partial charge in [-0.2, -0.15) is 13.2 Å². The summed E-state index contributed by atoms with van der Waals surface area (Å²) in [4.78, 5) is 45.2. The summed E-state index contributed by atoms with van der Waals surface area (Å²) >= 11 is 6.30. The van der Waals surface area contributed by atoms with Crippen molar-refractivity contribution >= 4 is 35.0 Å². The summed E-state index contributed by atoms with van der Waals surface area (Å²) < 4.78 is 73.2. The number of amides is 3. The number of alkyl halides is 3. The lowest BCUT2D eigenvalue weighted by Gasteiger charge is -2.19. The third-order valence-electron chi connectivity index (χ3n) is 6.30. The molecule has 220 valence electrons. The second-order valence-corrected chi connectivity index (χ2v) is 9.65. The monoisotopic (exact) mass is 617 g/mol. The number of benzene rings is 3. The van der Waals surface area contributed by atoms with Crippen LogP contribution in [0.25, 0.3) is 11.1 Å². The summed E-state index contributed by atoms with van der Waals surface area (Å²) in [5, 5.41) is 5.20. The Bertz CT molecular complexity index is 1780. The summed E-state index contributed by atoms with van der Waals surface area (Å²) in [6, 6.07) is 6.37. The van der Waals surface area contributed by atoms with Gasteiger partial charge in [0.15, 0.2) is 6.61 Å². The quantitative estimate of drug-likeness (QED) is 0.249. The third-order valence-corrected chi connectivity index (χ3v) is 6.64. The topological polar surface area (TPSA) is 136 Å². The minimum Gasteiger partial charge on any atom is -0.453 e. The Hall–Kier alpha value is -5.11. The van der Waals surface area contributed by atoms with Gasteiger partial charge in [0, 0.05) is 50.9 Å². The average molecular weight is 618 g/mol. The van der Waals surface area contributed by atoms with Crippen molar-refractivity contribution in [1.29, 1.82) is 0 Å². The molecule has 1 unspecified atom stereocenters. The van der Waals surface area contributed by atoms with E-state index in [0.717, 1.165) is 12.1 Å². The summed E-state index contributed by atoms with van der Waals surface area (Å²) in [6.07, 6.45) is -2.36. The standard InChI is InChI=1S/C28H17ClF5N5O4/c29-20-2-1-16(30)8-18(20)24-23-19(26(42)39-24)5-12(14-9-36-27(37-10-14)43-11-22(35)40)6-21(23)38-25(41)13-3-15(28(32,33)34)7-17(31)4-13/h1-10,24H,11H2,(H2,35,40)(H,38,41)(H,39,42). The zero-order valence-corrected chi connectivity index (χ0v) is 22.2. The molecule has 0 aliphatic carbocycles. The summed E-state index contributed by atoms with van der Waals surface area (Å²) in [6.45, 7) is -0.477. The SMILES string of the molecule is NC(=O)COc1ncc(-c2cc(NC(=O)c3cc(F)cc(C(F)(F)F)c3)c3c(c2)C(=O)NC3c2cc(F)ccc2Cl)cn1. The Balaban J connectivity index is 1.61. The van der Waals surface area contributed by atoms with Crippen LogP contribution in [0.1, 0.15) is 43.4 Å². The third kappa shape index (κ3) is 6.23. The first-order valence-electron chi connectivity index (χ1n) is 12.2. The molecule has 0 spiro atoms. The Morgan fingerprint density at radius 2 is 1.72 bits per heavy atom. The summed E-state index contributed by atoms with van der Waals surface area (Å²) in [5.41, 5.74) is 3.79. The second-order valence-electron chi connectivity index (χ2n) is 9.25. The molecule has 15 heteroatoms. The molecule has 1 aromatic heterocycles. The minimum absolute atomic E-state index is 0.0161. The molecule has 4 N–H and O–H groups in total. The Morgan fingerprint density at radius 1 is 1.00 bits per heavy atom. The van der Waals surface area contributed by atoms with Crippen molar-refractivity contribution in [3.63, 3.8) is 0 Å². The molecule has 0 radical (unpaired) electrons. The van der Waals surface area contributed by atoms with Gasteiger partial charge in [-0.15, -0.1) is 0 Å². The number of carbonyl (C=O) groups is 3. The maximum Gasteiger partial charge on any atom is 0.416 e. The number of aromatic nitrogens is 2. The van der Waals surface area contributed by atoms with E-state index in [1.807, 2.05) is 0 Å². The lowest BCUT2D eigenvalue weighted by Crippen LogP contribution is -2.21. The van der Waals surface area contributed by atoms with E-state index in [1.165, 1.54) is 30.6 Å². The van der Waals surface area contributed by atoms with Crippen LogP contribution in [0.4, 0.5) is 27.6 Å². The Morgan fingerprint density at radius 3 is 2.40 bits per heavy atom. The lowest BCUT2D eigenvalue weighted by atomic mass is 9.93. The molecule has 4 aromatic rings. The van der Waals surface area contributed by atoms with Gasteiger partial charge in [0.2, 0.25) is 0 Å². The van der Waals surface area contributed by atoms with Gasteiger partial charge >= 0.3 is 12.2 Å². The first-order chi connectivity index (χ1) is 20.3. The van der Waals surface area contributed by atoms with Gasteiger partial charge in [-0.3, -0.25) is 14.4 Å². The molecule has 1 atom stereocenters. The molecule has 0 bridgehead atoms. The molecule has 0 saturated carbocycles. The van der Waals surface area contributed by atoms with Crippen LogP contribution in [0.3, 0.4) is 0 Å². The van der Waals surface area contributed by atoms with E-state index in [9.17, 15) is 36.3 Å². The first-order valence-corrected chi connectivity index (χ1v) is 12.5. The minimum atomic E-state index is -4.93. The van der Waals surface area contributed by atoms with Gasteiger partial charge in [-0.05, 0) is 54.1 Å². The predicted molar refractivity (Wildman–Crippen MR) is 142 cm³/mol. The number of carbonyl (C=O) groups excluding carboxylic acids is 3. The number of anilines is 1. The number of nitrogens with one attached hydrogen (secondary N) is 2. The van der Waals surface area contributed by atoms with Gasteiger partial charge in [-0.1, -0.05) is 11.6 Å². The molecule has 1 aliphatic rings. The Labute approximate surface area is 243 Å². The molecule has 0 fully saturated rings. The summed E-state index contributed by atoms with van der Waals surface area (Å²) in [5.74, 6) is -4.48. The summed E-state index contributed by atoms with van der Waals surface area (Å²) in [7, 11) is 0. The van der Waals surface area contributed by atoms with Gasteiger partial charge in [0.05, 0.1) is 11.6 Å². The van der Waals surface area contributed by atoms with Crippen LogP contribution in [0.5, 0.6) is 6.01 Å². The zero-order chi connectivity index (χ0) is 31.1. The van der Waals surface area contributed by atoms with E-state index in [4.69, 9.17) is 22.1 Å². The van der Waals surface area contributed by atoms with Crippen LogP contribution in [0, 0.1) is 11.6 Å².